The van der Waals surface area contributed by atoms with Crippen molar-refractivity contribution in [3.63, 3.8) is 0 Å². The fourth-order valence-corrected chi connectivity index (χ4v) is 2.54. The van der Waals surface area contributed by atoms with Gasteiger partial charge in [-0.2, -0.15) is 0 Å². The minimum Gasteiger partial charge on any atom is -0.462 e. The van der Waals surface area contributed by atoms with Crippen molar-refractivity contribution in [3.8, 4) is 0 Å². The second-order valence-electron chi connectivity index (χ2n) is 3.16. The fraction of sp³-hybridized carbons (Fsp3) is 0.800. The first-order chi connectivity index (χ1) is 8.04. The Labute approximate surface area is 112 Å². The van der Waals surface area contributed by atoms with Crippen LogP contribution in [-0.2, 0) is 4.74 Å². The first kappa shape index (κ1) is 16.4. The van der Waals surface area contributed by atoms with E-state index in [1.807, 2.05) is 27.7 Å². The minimum absolute atomic E-state index is 0.0299. The molecule has 0 spiro atoms. The molecule has 17 heavy (non-hydrogen) atoms. The summed E-state index contributed by atoms with van der Waals surface area (Å²) in [6, 6.07) is -0.452. The summed E-state index contributed by atoms with van der Waals surface area (Å²) in [6.45, 7) is 7.81. The molecule has 2 N–H and O–H groups in total. The van der Waals surface area contributed by atoms with E-state index in [1.165, 1.54) is 27.6 Å². The largest absolute Gasteiger partial charge is 0.462 e. The fourth-order valence-electron chi connectivity index (χ4n) is 0.833. The van der Waals surface area contributed by atoms with Crippen LogP contribution in [0.15, 0.2) is 4.99 Å². The number of urea groups is 1. The van der Waals surface area contributed by atoms with Crippen molar-refractivity contribution in [2.45, 2.75) is 40.2 Å². The third-order valence-electron chi connectivity index (χ3n) is 1.75. The molecule has 100 valence electrons. The summed E-state index contributed by atoms with van der Waals surface area (Å²) >= 11 is 2.81. The predicted octanol–water partition coefficient (Wildman–Crippen LogP) is 2.87. The van der Waals surface area contributed by atoms with Gasteiger partial charge in [0.25, 0.3) is 6.02 Å². The molecule has 0 aromatic heterocycles. The molecule has 0 bridgehead atoms. The van der Waals surface area contributed by atoms with Gasteiger partial charge in [0.05, 0.1) is 6.10 Å². The molecule has 0 aliphatic rings. The predicted molar refractivity (Wildman–Crippen MR) is 76.0 cm³/mol. The molecule has 0 fully saturated rings. The Bertz CT molecular complexity index is 256. The van der Waals surface area contributed by atoms with Gasteiger partial charge in [-0.3, -0.25) is 0 Å². The van der Waals surface area contributed by atoms with Crippen molar-refractivity contribution in [2.75, 3.05) is 11.5 Å². The van der Waals surface area contributed by atoms with Crippen LogP contribution in [0, 0.1) is 0 Å². The number of amides is 2. The molecule has 0 saturated carbocycles. The smallest absolute Gasteiger partial charge is 0.368 e. The highest BCUT2D eigenvalue weighted by Gasteiger charge is 2.14. The van der Waals surface area contributed by atoms with E-state index in [2.05, 4.69) is 4.99 Å². The van der Waals surface area contributed by atoms with Crippen LogP contribution in [0.4, 0.5) is 4.79 Å². The number of hydrogen-bond donors (Lipinski definition) is 1. The third kappa shape index (κ3) is 7.38. The quantitative estimate of drug-likeness (QED) is 0.460. The first-order valence-corrected chi connectivity index (χ1v) is 7.54. The lowest BCUT2D eigenvalue weighted by Gasteiger charge is -2.16. The number of amidine groups is 1. The summed E-state index contributed by atoms with van der Waals surface area (Å²) < 4.78 is 6.76. The van der Waals surface area contributed by atoms with Crippen molar-refractivity contribution < 1.29 is 9.53 Å². The first-order valence-electron chi connectivity index (χ1n) is 5.65. The Morgan fingerprint density at radius 1 is 1.35 bits per heavy atom. The van der Waals surface area contributed by atoms with E-state index in [4.69, 9.17) is 10.5 Å². The van der Waals surface area contributed by atoms with E-state index in [-0.39, 0.29) is 18.2 Å². The molecule has 5 nitrogen and oxygen atoms in total. The SMILES string of the molecule is CCSN(SCC)C(=O)/N=C(/N)OC(C)CC. The summed E-state index contributed by atoms with van der Waals surface area (Å²) in [5, 5.41) is 0. The molecule has 1 unspecified atom stereocenters. The molecular weight excluding hydrogens is 258 g/mol. The molecule has 0 radical (unpaired) electrons. The Morgan fingerprint density at radius 3 is 2.29 bits per heavy atom. The van der Waals surface area contributed by atoms with Gasteiger partial charge in [0.15, 0.2) is 0 Å². The zero-order valence-electron chi connectivity index (χ0n) is 10.8. The molecule has 0 heterocycles. The van der Waals surface area contributed by atoms with E-state index in [0.717, 1.165) is 17.9 Å². The van der Waals surface area contributed by atoms with Crippen molar-refractivity contribution in [1.29, 1.82) is 0 Å². The molecule has 0 aliphatic carbocycles. The van der Waals surface area contributed by atoms with E-state index in [9.17, 15) is 4.79 Å². The maximum absolute atomic E-state index is 11.7. The summed E-state index contributed by atoms with van der Waals surface area (Å²) in [5.41, 5.74) is 5.54. The molecule has 0 aliphatic heterocycles. The maximum Gasteiger partial charge on any atom is 0.368 e. The molecule has 0 saturated heterocycles. The summed E-state index contributed by atoms with van der Waals surface area (Å²) in [6.07, 6.45) is 0.791. The average molecular weight is 279 g/mol. The lowest BCUT2D eigenvalue weighted by Crippen LogP contribution is -2.25. The number of nitrogens with zero attached hydrogens (tertiary/aromatic N) is 2. The lowest BCUT2D eigenvalue weighted by atomic mass is 10.3. The van der Waals surface area contributed by atoms with Crippen LogP contribution in [0.1, 0.15) is 34.1 Å². The van der Waals surface area contributed by atoms with Gasteiger partial charge in [0, 0.05) is 11.5 Å². The van der Waals surface area contributed by atoms with Crippen LogP contribution in [0.5, 0.6) is 0 Å². The number of aliphatic imine (C=N–C) groups is 1. The van der Waals surface area contributed by atoms with Crippen LogP contribution in [-0.4, -0.2) is 33.4 Å². The zero-order chi connectivity index (χ0) is 13.3. The molecule has 0 rings (SSSR count). The van der Waals surface area contributed by atoms with Gasteiger partial charge in [-0.25, -0.2) is 8.51 Å². The standard InChI is InChI=1S/C10H21N3O2S2/c1-5-8(4)15-9(11)12-10(14)13(16-6-2)17-7-3/h8H,5-7H2,1-4H3,(H2,11,12,14). The normalized spacial score (nSPS) is 13.3. The van der Waals surface area contributed by atoms with E-state index in [1.54, 1.807) is 0 Å². The Morgan fingerprint density at radius 2 is 1.88 bits per heavy atom. The summed E-state index contributed by atoms with van der Waals surface area (Å²) in [5.74, 6) is 1.61. The monoisotopic (exact) mass is 279 g/mol. The Kier molecular flexibility index (Phi) is 9.16. The molecule has 1 atom stereocenters. The molecule has 2 amide bonds. The highest BCUT2D eigenvalue weighted by Crippen LogP contribution is 2.22. The third-order valence-corrected chi connectivity index (χ3v) is 3.68. The van der Waals surface area contributed by atoms with Crippen molar-refractivity contribution in [1.82, 2.24) is 3.71 Å². The van der Waals surface area contributed by atoms with Crippen LogP contribution in [0.25, 0.3) is 0 Å². The molecule has 0 aromatic rings. The minimum atomic E-state index is -0.385. The molecular formula is C10H21N3O2S2. The maximum atomic E-state index is 11.7. The molecule has 7 heteroatoms. The number of carbonyl (C=O) groups excluding carboxylic acids is 1. The number of nitrogens with two attached hydrogens (primary N) is 1. The van der Waals surface area contributed by atoms with Gasteiger partial charge >= 0.3 is 6.03 Å². The van der Waals surface area contributed by atoms with Gasteiger partial charge in [-0.15, -0.1) is 4.99 Å². The van der Waals surface area contributed by atoms with Gasteiger partial charge in [-0.05, 0) is 37.2 Å². The van der Waals surface area contributed by atoms with Crippen molar-refractivity contribution in [2.24, 2.45) is 10.7 Å². The van der Waals surface area contributed by atoms with Crippen LogP contribution < -0.4 is 5.73 Å². The zero-order valence-corrected chi connectivity index (χ0v) is 12.4. The van der Waals surface area contributed by atoms with Crippen molar-refractivity contribution >= 4 is 35.9 Å². The van der Waals surface area contributed by atoms with Gasteiger partial charge < -0.3 is 10.5 Å². The van der Waals surface area contributed by atoms with Crippen LogP contribution in [0.3, 0.4) is 0 Å². The summed E-state index contributed by atoms with van der Waals surface area (Å²) in [7, 11) is 0. The Hall–Kier alpha value is -0.560. The average Bonchev–Trinajstić information content (AvgIpc) is 2.28. The van der Waals surface area contributed by atoms with Gasteiger partial charge in [0.1, 0.15) is 0 Å². The highest BCUT2D eigenvalue weighted by atomic mass is 32.2. The number of rotatable bonds is 6. The molecule has 0 aromatic carbocycles. The van der Waals surface area contributed by atoms with Crippen LogP contribution in [0.2, 0.25) is 0 Å². The van der Waals surface area contributed by atoms with E-state index >= 15 is 0 Å². The topological polar surface area (TPSA) is 67.9 Å². The van der Waals surface area contributed by atoms with Crippen LogP contribution >= 0.6 is 23.9 Å². The number of carbonyl (C=O) groups is 1. The second-order valence-corrected chi connectivity index (χ2v) is 5.79. The van der Waals surface area contributed by atoms with E-state index in [0.29, 0.717) is 0 Å². The number of ether oxygens (including phenoxy) is 1. The second kappa shape index (κ2) is 9.47. The highest BCUT2D eigenvalue weighted by molar-refractivity contribution is 8.12. The van der Waals surface area contributed by atoms with Gasteiger partial charge in [0.2, 0.25) is 0 Å². The summed E-state index contributed by atoms with van der Waals surface area (Å²) in [4.78, 5) is 15.5. The van der Waals surface area contributed by atoms with Crippen molar-refractivity contribution in [3.05, 3.63) is 0 Å². The Balaban J connectivity index is 4.39. The van der Waals surface area contributed by atoms with Gasteiger partial charge in [-0.1, -0.05) is 20.8 Å². The lowest BCUT2D eigenvalue weighted by molar-refractivity contribution is 0.198. The van der Waals surface area contributed by atoms with E-state index < -0.39 is 0 Å². The number of hydrogen-bond acceptors (Lipinski definition) is 4.